The standard InChI is InChI=1S/C13H14ClNOS/c1-9-3-4-11(16-2)10(7-9)13-12(5-6-14)17-8-15-13/h3-4,7-8H,5-6H2,1-2H3. The Morgan fingerprint density at radius 1 is 1.41 bits per heavy atom. The van der Waals surface area contributed by atoms with Crippen molar-refractivity contribution in [3.8, 4) is 17.0 Å². The molecule has 2 nitrogen and oxygen atoms in total. The van der Waals surface area contributed by atoms with Gasteiger partial charge in [-0.25, -0.2) is 4.98 Å². The Hall–Kier alpha value is -1.06. The van der Waals surface area contributed by atoms with Crippen LogP contribution in [-0.2, 0) is 6.42 Å². The van der Waals surface area contributed by atoms with E-state index in [2.05, 4.69) is 18.0 Å². The van der Waals surface area contributed by atoms with Gasteiger partial charge in [0.2, 0.25) is 0 Å². The predicted molar refractivity (Wildman–Crippen MR) is 73.3 cm³/mol. The van der Waals surface area contributed by atoms with E-state index >= 15 is 0 Å². The number of hydrogen-bond donors (Lipinski definition) is 0. The molecule has 0 aliphatic heterocycles. The fourth-order valence-electron chi connectivity index (χ4n) is 1.76. The van der Waals surface area contributed by atoms with E-state index < -0.39 is 0 Å². The molecule has 0 aliphatic carbocycles. The quantitative estimate of drug-likeness (QED) is 0.784. The van der Waals surface area contributed by atoms with Crippen molar-refractivity contribution >= 4 is 22.9 Å². The van der Waals surface area contributed by atoms with Crippen LogP contribution in [0, 0.1) is 6.92 Å². The Bertz CT molecular complexity index is 510. The summed E-state index contributed by atoms with van der Waals surface area (Å²) >= 11 is 7.45. The normalized spacial score (nSPS) is 10.5. The van der Waals surface area contributed by atoms with Crippen molar-refractivity contribution in [2.45, 2.75) is 13.3 Å². The fourth-order valence-corrected chi connectivity index (χ4v) is 2.84. The lowest BCUT2D eigenvalue weighted by Crippen LogP contribution is -1.92. The molecule has 0 aliphatic rings. The Kier molecular flexibility index (Phi) is 4.02. The van der Waals surface area contributed by atoms with Crippen LogP contribution in [0.1, 0.15) is 10.4 Å². The second kappa shape index (κ2) is 5.52. The van der Waals surface area contributed by atoms with Crippen LogP contribution in [0.5, 0.6) is 5.75 Å². The predicted octanol–water partition coefficient (Wildman–Crippen LogP) is 3.91. The molecule has 0 amide bonds. The summed E-state index contributed by atoms with van der Waals surface area (Å²) in [4.78, 5) is 5.65. The molecule has 0 unspecified atom stereocenters. The molecule has 2 rings (SSSR count). The van der Waals surface area contributed by atoms with Gasteiger partial charge in [0.25, 0.3) is 0 Å². The molecule has 17 heavy (non-hydrogen) atoms. The Morgan fingerprint density at radius 2 is 2.24 bits per heavy atom. The highest BCUT2D eigenvalue weighted by molar-refractivity contribution is 7.10. The summed E-state index contributed by atoms with van der Waals surface area (Å²) in [6.07, 6.45) is 0.846. The van der Waals surface area contributed by atoms with Gasteiger partial charge in [-0.1, -0.05) is 11.6 Å². The third-order valence-corrected chi connectivity index (χ3v) is 3.65. The van der Waals surface area contributed by atoms with Crippen LogP contribution in [0.15, 0.2) is 23.7 Å². The van der Waals surface area contributed by atoms with Crippen molar-refractivity contribution in [1.82, 2.24) is 4.98 Å². The van der Waals surface area contributed by atoms with Crippen LogP contribution < -0.4 is 4.74 Å². The van der Waals surface area contributed by atoms with Crippen molar-refractivity contribution in [2.75, 3.05) is 13.0 Å². The van der Waals surface area contributed by atoms with Gasteiger partial charge in [0.15, 0.2) is 0 Å². The van der Waals surface area contributed by atoms with Crippen molar-refractivity contribution in [1.29, 1.82) is 0 Å². The van der Waals surface area contributed by atoms with Crippen molar-refractivity contribution < 1.29 is 4.74 Å². The number of thiazole rings is 1. The highest BCUT2D eigenvalue weighted by Crippen LogP contribution is 2.34. The largest absolute Gasteiger partial charge is 0.496 e. The summed E-state index contributed by atoms with van der Waals surface area (Å²) in [5.41, 5.74) is 5.11. The molecule has 1 heterocycles. The molecule has 4 heteroatoms. The molecule has 90 valence electrons. The summed E-state index contributed by atoms with van der Waals surface area (Å²) < 4.78 is 5.39. The average molecular weight is 268 g/mol. The molecule has 1 aromatic carbocycles. The number of aryl methyl sites for hydroxylation is 2. The van der Waals surface area contributed by atoms with Crippen molar-refractivity contribution in [3.63, 3.8) is 0 Å². The van der Waals surface area contributed by atoms with Crippen LogP contribution in [-0.4, -0.2) is 18.0 Å². The van der Waals surface area contributed by atoms with Gasteiger partial charge in [0, 0.05) is 16.3 Å². The molecule has 2 aromatic rings. The number of benzene rings is 1. The summed E-state index contributed by atoms with van der Waals surface area (Å²) in [5.74, 6) is 1.47. The minimum Gasteiger partial charge on any atom is -0.496 e. The van der Waals surface area contributed by atoms with E-state index in [9.17, 15) is 0 Å². The maximum Gasteiger partial charge on any atom is 0.128 e. The van der Waals surface area contributed by atoms with E-state index in [0.29, 0.717) is 5.88 Å². The molecule has 0 radical (unpaired) electrons. The van der Waals surface area contributed by atoms with Crippen LogP contribution >= 0.6 is 22.9 Å². The zero-order chi connectivity index (χ0) is 12.3. The summed E-state index contributed by atoms with van der Waals surface area (Å²) in [7, 11) is 1.68. The molecule has 0 saturated heterocycles. The van der Waals surface area contributed by atoms with E-state index in [4.69, 9.17) is 16.3 Å². The summed E-state index contributed by atoms with van der Waals surface area (Å²) in [6.45, 7) is 2.07. The van der Waals surface area contributed by atoms with E-state index in [1.54, 1.807) is 18.4 Å². The smallest absolute Gasteiger partial charge is 0.128 e. The van der Waals surface area contributed by atoms with E-state index in [0.717, 1.165) is 23.4 Å². The lowest BCUT2D eigenvalue weighted by Gasteiger charge is -2.09. The van der Waals surface area contributed by atoms with Gasteiger partial charge >= 0.3 is 0 Å². The molecule has 0 spiro atoms. The zero-order valence-corrected chi connectivity index (χ0v) is 11.4. The summed E-state index contributed by atoms with van der Waals surface area (Å²) in [5, 5.41) is 0. The van der Waals surface area contributed by atoms with Gasteiger partial charge in [0.1, 0.15) is 5.75 Å². The minimum absolute atomic E-state index is 0.614. The first-order valence-corrected chi connectivity index (χ1v) is 6.81. The number of methoxy groups -OCH3 is 1. The van der Waals surface area contributed by atoms with E-state index in [1.807, 2.05) is 17.6 Å². The number of rotatable bonds is 4. The molecule has 1 aromatic heterocycles. The summed E-state index contributed by atoms with van der Waals surface area (Å²) in [6, 6.07) is 6.12. The third kappa shape index (κ3) is 2.61. The highest BCUT2D eigenvalue weighted by atomic mass is 35.5. The molecule has 0 bridgehead atoms. The molecular formula is C13H14ClNOS. The minimum atomic E-state index is 0.614. The van der Waals surface area contributed by atoms with Gasteiger partial charge in [-0.05, 0) is 25.5 Å². The third-order valence-electron chi connectivity index (χ3n) is 2.57. The van der Waals surface area contributed by atoms with Gasteiger partial charge in [-0.3, -0.25) is 0 Å². The Balaban J connectivity index is 2.51. The topological polar surface area (TPSA) is 22.1 Å². The number of alkyl halides is 1. The highest BCUT2D eigenvalue weighted by Gasteiger charge is 2.13. The molecule has 0 saturated carbocycles. The molecule has 0 atom stereocenters. The second-order valence-corrected chi connectivity index (χ2v) is 5.08. The van der Waals surface area contributed by atoms with E-state index in [1.165, 1.54) is 10.4 Å². The maximum atomic E-state index is 5.80. The van der Waals surface area contributed by atoms with Gasteiger partial charge in [-0.2, -0.15) is 0 Å². The fraction of sp³-hybridized carbons (Fsp3) is 0.308. The lowest BCUT2D eigenvalue weighted by molar-refractivity contribution is 0.416. The van der Waals surface area contributed by atoms with Crippen LogP contribution in [0.2, 0.25) is 0 Å². The van der Waals surface area contributed by atoms with Gasteiger partial charge in [-0.15, -0.1) is 22.9 Å². The first-order valence-electron chi connectivity index (χ1n) is 5.39. The van der Waals surface area contributed by atoms with Crippen LogP contribution in [0.25, 0.3) is 11.3 Å². The SMILES string of the molecule is COc1ccc(C)cc1-c1ncsc1CCCl. The first kappa shape index (κ1) is 12.4. The van der Waals surface area contributed by atoms with Crippen LogP contribution in [0.3, 0.4) is 0 Å². The molecular weight excluding hydrogens is 254 g/mol. The number of ether oxygens (including phenoxy) is 1. The van der Waals surface area contributed by atoms with Gasteiger partial charge < -0.3 is 4.74 Å². The van der Waals surface area contributed by atoms with Crippen LogP contribution in [0.4, 0.5) is 0 Å². The lowest BCUT2D eigenvalue weighted by atomic mass is 10.1. The first-order chi connectivity index (χ1) is 8.26. The molecule has 0 N–H and O–H groups in total. The molecule has 0 fully saturated rings. The van der Waals surface area contributed by atoms with E-state index in [-0.39, 0.29) is 0 Å². The number of hydrogen-bond acceptors (Lipinski definition) is 3. The number of aromatic nitrogens is 1. The monoisotopic (exact) mass is 267 g/mol. The maximum absolute atomic E-state index is 5.80. The van der Waals surface area contributed by atoms with Crippen molar-refractivity contribution in [3.05, 3.63) is 34.2 Å². The number of halogens is 1. The van der Waals surface area contributed by atoms with Crippen molar-refractivity contribution in [2.24, 2.45) is 0 Å². The Morgan fingerprint density at radius 3 is 2.94 bits per heavy atom. The Labute approximate surface area is 110 Å². The van der Waals surface area contributed by atoms with Gasteiger partial charge in [0.05, 0.1) is 18.3 Å². The zero-order valence-electron chi connectivity index (χ0n) is 9.87. The second-order valence-electron chi connectivity index (χ2n) is 3.77. The number of nitrogens with zero attached hydrogens (tertiary/aromatic N) is 1. The average Bonchev–Trinajstić information content (AvgIpc) is 2.77.